The molecule has 20 heavy (non-hydrogen) atoms. The van der Waals surface area contributed by atoms with E-state index < -0.39 is 0 Å². The van der Waals surface area contributed by atoms with Gasteiger partial charge in [0.25, 0.3) is 5.91 Å². The van der Waals surface area contributed by atoms with Gasteiger partial charge in [0.1, 0.15) is 0 Å². The van der Waals surface area contributed by atoms with Crippen LogP contribution in [0.15, 0.2) is 24.3 Å². The van der Waals surface area contributed by atoms with Crippen molar-refractivity contribution in [3.8, 4) is 0 Å². The van der Waals surface area contributed by atoms with Gasteiger partial charge in [-0.25, -0.2) is 0 Å². The zero-order valence-corrected chi connectivity index (χ0v) is 11.5. The van der Waals surface area contributed by atoms with E-state index in [1.807, 2.05) is 24.3 Å². The third-order valence-electron chi connectivity index (χ3n) is 3.61. The average Bonchev–Trinajstić information content (AvgIpc) is 2.77. The summed E-state index contributed by atoms with van der Waals surface area (Å²) in [6.45, 7) is 3.59. The normalized spacial score (nSPS) is 20.8. The van der Waals surface area contributed by atoms with Gasteiger partial charge in [-0.05, 0) is 13.1 Å². The molecular weight excluding hydrogens is 254 g/mol. The molecule has 1 aliphatic heterocycles. The Bertz CT molecular complexity index is 608. The third-order valence-corrected chi connectivity index (χ3v) is 3.61. The predicted octanol–water partition coefficient (Wildman–Crippen LogP) is 0.196. The zero-order valence-electron chi connectivity index (χ0n) is 11.5. The van der Waals surface area contributed by atoms with Crippen LogP contribution in [-0.4, -0.2) is 60.3 Å². The number of aromatic nitrogens is 2. The summed E-state index contributed by atoms with van der Waals surface area (Å²) in [4.78, 5) is 14.6. The predicted molar refractivity (Wildman–Crippen MR) is 77.7 cm³/mol. The number of nitrogens with zero attached hydrogens (tertiary/aromatic N) is 2. The fraction of sp³-hybridized carbons (Fsp3) is 0.429. The first-order valence-corrected chi connectivity index (χ1v) is 6.87. The van der Waals surface area contributed by atoms with Crippen LogP contribution >= 0.6 is 0 Å². The molecule has 2 aromatic rings. The van der Waals surface area contributed by atoms with E-state index in [0.29, 0.717) is 5.69 Å². The van der Waals surface area contributed by atoms with Gasteiger partial charge in [-0.3, -0.25) is 9.89 Å². The molecule has 6 nitrogen and oxygen atoms in total. The molecule has 1 fully saturated rings. The van der Waals surface area contributed by atoms with E-state index in [1.165, 1.54) is 0 Å². The number of hydrogen-bond donors (Lipinski definition) is 3. The Kier molecular flexibility index (Phi) is 3.66. The second kappa shape index (κ2) is 5.60. The largest absolute Gasteiger partial charge is 0.345 e. The van der Waals surface area contributed by atoms with Crippen LogP contribution in [0.3, 0.4) is 0 Å². The second-order valence-electron chi connectivity index (χ2n) is 5.25. The molecule has 2 heterocycles. The molecule has 1 aliphatic rings. The van der Waals surface area contributed by atoms with Crippen LogP contribution in [0.4, 0.5) is 0 Å². The number of fused-ring (bicyclic) bond motifs is 1. The Balaban J connectivity index is 1.75. The molecule has 106 valence electrons. The van der Waals surface area contributed by atoms with Gasteiger partial charge in [-0.2, -0.15) is 5.10 Å². The average molecular weight is 273 g/mol. The van der Waals surface area contributed by atoms with Crippen LogP contribution in [0.2, 0.25) is 0 Å². The summed E-state index contributed by atoms with van der Waals surface area (Å²) in [5, 5.41) is 14.3. The van der Waals surface area contributed by atoms with E-state index in [4.69, 9.17) is 0 Å². The van der Waals surface area contributed by atoms with Crippen LogP contribution in [0, 0.1) is 0 Å². The number of para-hydroxylation sites is 1. The number of benzene rings is 1. The Morgan fingerprint density at radius 1 is 1.45 bits per heavy atom. The lowest BCUT2D eigenvalue weighted by atomic mass is 10.2. The summed E-state index contributed by atoms with van der Waals surface area (Å²) in [7, 11) is 2.07. The smallest absolute Gasteiger partial charge is 0.272 e. The first kappa shape index (κ1) is 13.1. The molecule has 0 saturated carbocycles. The second-order valence-corrected chi connectivity index (χ2v) is 5.25. The number of aromatic amines is 1. The molecule has 1 saturated heterocycles. The third kappa shape index (κ3) is 2.66. The number of carbonyl (C=O) groups is 1. The van der Waals surface area contributed by atoms with E-state index in [9.17, 15) is 4.79 Å². The molecule has 0 radical (unpaired) electrons. The lowest BCUT2D eigenvalue weighted by Crippen LogP contribution is -2.45. The van der Waals surface area contributed by atoms with Crippen LogP contribution in [-0.2, 0) is 0 Å². The number of likely N-dealkylation sites (N-methyl/N-ethyl adjacent to an activating group) is 1. The number of hydrogen-bond acceptors (Lipinski definition) is 4. The number of amides is 1. The molecule has 1 aromatic heterocycles. The number of rotatable bonds is 2. The van der Waals surface area contributed by atoms with Crippen LogP contribution < -0.4 is 10.6 Å². The number of nitrogens with one attached hydrogen (secondary N) is 3. The Morgan fingerprint density at radius 3 is 3.20 bits per heavy atom. The first-order chi connectivity index (χ1) is 9.74. The van der Waals surface area contributed by atoms with Gasteiger partial charge in [0, 0.05) is 31.6 Å². The van der Waals surface area contributed by atoms with Crippen molar-refractivity contribution in [1.29, 1.82) is 0 Å². The summed E-state index contributed by atoms with van der Waals surface area (Å²) >= 11 is 0. The van der Waals surface area contributed by atoms with E-state index in [2.05, 4.69) is 32.8 Å². The van der Waals surface area contributed by atoms with Crippen molar-refractivity contribution >= 4 is 16.8 Å². The quantitative estimate of drug-likeness (QED) is 0.730. The van der Waals surface area contributed by atoms with Gasteiger partial charge >= 0.3 is 0 Å². The summed E-state index contributed by atoms with van der Waals surface area (Å²) in [6, 6.07) is 7.76. The summed E-state index contributed by atoms with van der Waals surface area (Å²) < 4.78 is 0. The molecule has 3 N–H and O–H groups in total. The molecule has 3 rings (SSSR count). The minimum Gasteiger partial charge on any atom is -0.345 e. The number of H-pyrrole nitrogens is 1. The van der Waals surface area contributed by atoms with Crippen molar-refractivity contribution in [2.24, 2.45) is 0 Å². The van der Waals surface area contributed by atoms with Crippen molar-refractivity contribution in [3.05, 3.63) is 30.0 Å². The molecule has 1 aromatic carbocycles. The van der Waals surface area contributed by atoms with Crippen LogP contribution in [0.25, 0.3) is 10.9 Å². The van der Waals surface area contributed by atoms with Crippen molar-refractivity contribution in [2.75, 3.05) is 33.2 Å². The fourth-order valence-corrected chi connectivity index (χ4v) is 2.57. The van der Waals surface area contributed by atoms with Crippen LogP contribution in [0.5, 0.6) is 0 Å². The molecule has 1 atom stereocenters. The SMILES string of the molecule is CN1CCNC[C@@H](NC(=O)c2n[nH]c3ccccc23)C1. The maximum absolute atomic E-state index is 12.4. The van der Waals surface area contributed by atoms with Crippen molar-refractivity contribution in [3.63, 3.8) is 0 Å². The maximum atomic E-state index is 12.4. The van der Waals surface area contributed by atoms with E-state index in [1.54, 1.807) is 0 Å². The standard InChI is InChI=1S/C14H19N5O/c1-19-7-6-15-8-10(9-19)16-14(20)13-11-4-2-3-5-12(11)17-18-13/h2-5,10,15H,6-9H2,1H3,(H,16,20)(H,17,18)/t10-/m1/s1. The van der Waals surface area contributed by atoms with E-state index >= 15 is 0 Å². The maximum Gasteiger partial charge on any atom is 0.272 e. The topological polar surface area (TPSA) is 73.0 Å². The summed E-state index contributed by atoms with van der Waals surface area (Å²) in [5.74, 6) is -0.121. The lowest BCUT2D eigenvalue weighted by Gasteiger charge is -2.20. The monoisotopic (exact) mass is 273 g/mol. The van der Waals surface area contributed by atoms with Gasteiger partial charge in [-0.15, -0.1) is 0 Å². The molecule has 0 unspecified atom stereocenters. The van der Waals surface area contributed by atoms with E-state index in [0.717, 1.165) is 37.1 Å². The molecular formula is C14H19N5O. The summed E-state index contributed by atoms with van der Waals surface area (Å²) in [5.41, 5.74) is 1.35. The highest BCUT2D eigenvalue weighted by molar-refractivity contribution is 6.04. The highest BCUT2D eigenvalue weighted by atomic mass is 16.2. The highest BCUT2D eigenvalue weighted by Crippen LogP contribution is 2.14. The first-order valence-electron chi connectivity index (χ1n) is 6.87. The summed E-state index contributed by atoms with van der Waals surface area (Å²) in [6.07, 6.45) is 0. The number of carbonyl (C=O) groups excluding carboxylic acids is 1. The van der Waals surface area contributed by atoms with Crippen molar-refractivity contribution in [2.45, 2.75) is 6.04 Å². The molecule has 1 amide bonds. The molecule has 6 heteroatoms. The Morgan fingerprint density at radius 2 is 2.30 bits per heavy atom. The lowest BCUT2D eigenvalue weighted by molar-refractivity contribution is 0.0928. The molecule has 0 bridgehead atoms. The van der Waals surface area contributed by atoms with Gasteiger partial charge in [0.2, 0.25) is 0 Å². The Hall–Kier alpha value is -1.92. The fourth-order valence-electron chi connectivity index (χ4n) is 2.57. The Labute approximate surface area is 117 Å². The van der Waals surface area contributed by atoms with Crippen molar-refractivity contribution < 1.29 is 4.79 Å². The van der Waals surface area contributed by atoms with Crippen molar-refractivity contribution in [1.82, 2.24) is 25.7 Å². The molecule has 0 spiro atoms. The highest BCUT2D eigenvalue weighted by Gasteiger charge is 2.20. The minimum absolute atomic E-state index is 0.102. The van der Waals surface area contributed by atoms with Gasteiger partial charge in [0.05, 0.1) is 11.6 Å². The van der Waals surface area contributed by atoms with Gasteiger partial charge in [0.15, 0.2) is 5.69 Å². The minimum atomic E-state index is -0.121. The van der Waals surface area contributed by atoms with Gasteiger partial charge in [-0.1, -0.05) is 18.2 Å². The van der Waals surface area contributed by atoms with E-state index in [-0.39, 0.29) is 11.9 Å². The zero-order chi connectivity index (χ0) is 13.9. The molecule has 0 aliphatic carbocycles. The van der Waals surface area contributed by atoms with Gasteiger partial charge < -0.3 is 15.5 Å². The van der Waals surface area contributed by atoms with Crippen LogP contribution in [0.1, 0.15) is 10.5 Å².